The number of benzene rings is 2. The molecule has 160 valence electrons. The van der Waals surface area contributed by atoms with Crippen LogP contribution in [0.1, 0.15) is 36.3 Å². The van der Waals surface area contributed by atoms with Gasteiger partial charge in [-0.25, -0.2) is 4.79 Å². The Morgan fingerprint density at radius 2 is 1.63 bits per heavy atom. The van der Waals surface area contributed by atoms with Crippen molar-refractivity contribution >= 4 is 19.2 Å². The Labute approximate surface area is 177 Å². The van der Waals surface area contributed by atoms with Gasteiger partial charge in [-0.1, -0.05) is 60.7 Å². The number of carbonyl (C=O) groups excluding carboxylic acids is 1. The van der Waals surface area contributed by atoms with Gasteiger partial charge < -0.3 is 14.9 Å². The number of likely N-dealkylation sites (tertiary alicyclic amines) is 1. The molecule has 1 amide bonds. The van der Waals surface area contributed by atoms with Crippen molar-refractivity contribution in [2.45, 2.75) is 37.6 Å². The summed E-state index contributed by atoms with van der Waals surface area (Å²) in [5.41, 5.74) is 2.15. The molecule has 0 aromatic heterocycles. The molecule has 7 heteroatoms. The largest absolute Gasteiger partial charge is 0.480 e. The maximum atomic E-state index is 12.7. The summed E-state index contributed by atoms with van der Waals surface area (Å²) >= 11 is 0. The van der Waals surface area contributed by atoms with Crippen molar-refractivity contribution in [2.75, 3.05) is 18.9 Å². The van der Waals surface area contributed by atoms with Gasteiger partial charge in [-0.2, -0.15) is 0 Å². The predicted molar refractivity (Wildman–Crippen MR) is 116 cm³/mol. The van der Waals surface area contributed by atoms with Crippen LogP contribution in [0.25, 0.3) is 0 Å². The number of amides is 1. The van der Waals surface area contributed by atoms with Crippen LogP contribution in [0.5, 0.6) is 0 Å². The topological polar surface area (TPSA) is 94.9 Å². The van der Waals surface area contributed by atoms with E-state index in [4.69, 9.17) is 0 Å². The number of hydrogen-bond acceptors (Lipinski definition) is 3. The third-order valence-corrected chi connectivity index (χ3v) is 7.41. The molecule has 1 fully saturated rings. The van der Waals surface area contributed by atoms with Crippen LogP contribution in [0.2, 0.25) is 0 Å². The fraction of sp³-hybridized carbons (Fsp3) is 0.391. The summed E-state index contributed by atoms with van der Waals surface area (Å²) in [5.74, 6) is -1.70. The number of nitrogens with zero attached hydrogens (tertiary/aromatic N) is 1. The maximum absolute atomic E-state index is 12.7. The first-order valence-corrected chi connectivity index (χ1v) is 12.3. The zero-order chi connectivity index (χ0) is 21.6. The average Bonchev–Trinajstić information content (AvgIpc) is 3.19. The van der Waals surface area contributed by atoms with Crippen LogP contribution in [-0.2, 0) is 20.6 Å². The Balaban J connectivity index is 1.54. The molecule has 30 heavy (non-hydrogen) atoms. The summed E-state index contributed by atoms with van der Waals surface area (Å²) in [6.45, 7) is 0.258. The van der Waals surface area contributed by atoms with E-state index in [0.717, 1.165) is 18.4 Å². The second kappa shape index (κ2) is 10.1. The molecule has 0 spiro atoms. The van der Waals surface area contributed by atoms with Crippen molar-refractivity contribution < 1.29 is 24.2 Å². The van der Waals surface area contributed by atoms with Crippen LogP contribution in [-0.4, -0.2) is 51.7 Å². The Bertz CT molecular complexity index is 902. The second-order valence-corrected chi connectivity index (χ2v) is 10.4. The number of carbonyl (C=O) groups is 2. The zero-order valence-electron chi connectivity index (χ0n) is 16.9. The normalized spacial score (nSPS) is 20.6. The number of carboxylic acid groups (broad SMARTS) is 1. The molecule has 0 radical (unpaired) electrons. The van der Waals surface area contributed by atoms with Gasteiger partial charge in [0.05, 0.1) is 0 Å². The maximum Gasteiger partial charge on any atom is 0.326 e. The quantitative estimate of drug-likeness (QED) is 0.468. The Kier molecular flexibility index (Phi) is 7.46. The van der Waals surface area contributed by atoms with Gasteiger partial charge in [-0.05, 0) is 36.8 Å². The van der Waals surface area contributed by atoms with Crippen molar-refractivity contribution in [1.29, 1.82) is 0 Å². The van der Waals surface area contributed by atoms with Gasteiger partial charge >= 0.3 is 5.97 Å². The lowest BCUT2D eigenvalue weighted by atomic mass is 9.96. The molecule has 6 nitrogen and oxygen atoms in total. The van der Waals surface area contributed by atoms with Crippen LogP contribution < -0.4 is 0 Å². The number of aliphatic carboxylic acids is 1. The van der Waals surface area contributed by atoms with Crippen LogP contribution in [0.3, 0.4) is 0 Å². The Morgan fingerprint density at radius 1 is 1.00 bits per heavy atom. The van der Waals surface area contributed by atoms with Crippen molar-refractivity contribution in [3.63, 3.8) is 0 Å². The molecule has 2 aromatic rings. The number of rotatable bonds is 9. The molecule has 0 bridgehead atoms. The molecule has 2 aromatic carbocycles. The Hall–Kier alpha value is -2.43. The predicted octanol–water partition coefficient (Wildman–Crippen LogP) is 3.75. The molecule has 0 aliphatic carbocycles. The van der Waals surface area contributed by atoms with E-state index in [1.54, 1.807) is 0 Å². The van der Waals surface area contributed by atoms with E-state index in [2.05, 4.69) is 0 Å². The summed E-state index contributed by atoms with van der Waals surface area (Å²) < 4.78 is 12.6. The van der Waals surface area contributed by atoms with Gasteiger partial charge in [0.1, 0.15) is 12.2 Å². The van der Waals surface area contributed by atoms with Gasteiger partial charge in [0, 0.05) is 18.6 Å². The fourth-order valence-corrected chi connectivity index (χ4v) is 5.51. The smallest absolute Gasteiger partial charge is 0.326 e. The molecule has 0 saturated carbocycles. The molecule has 1 saturated heterocycles. The van der Waals surface area contributed by atoms with E-state index in [1.165, 1.54) is 10.5 Å². The third kappa shape index (κ3) is 6.04. The van der Waals surface area contributed by atoms with E-state index in [0.29, 0.717) is 12.8 Å². The van der Waals surface area contributed by atoms with Crippen molar-refractivity contribution in [1.82, 2.24) is 4.90 Å². The number of hydrogen-bond donors (Lipinski definition) is 2. The van der Waals surface area contributed by atoms with E-state index >= 15 is 0 Å². The summed E-state index contributed by atoms with van der Waals surface area (Å²) in [5, 5.41) is 9.55. The standard InChI is InChI=1S/C23H28NO5P/c25-22(17-30(28,29)14-8-7-11-18-9-3-1-4-10-18)24-16-20(15-21(24)23(26)27)19-12-5-2-6-13-19/h1-6,9-10,12-13,20-21H,7-8,11,14-17H2,(H,26,27)(H,28,29)/t20-,21+/m1/s1. The number of aryl methyl sites for hydroxylation is 1. The highest BCUT2D eigenvalue weighted by atomic mass is 31.2. The van der Waals surface area contributed by atoms with Crippen molar-refractivity contribution in [2.24, 2.45) is 0 Å². The summed E-state index contributed by atoms with van der Waals surface area (Å²) in [6.07, 6.45) is 2.02. The number of unbranched alkanes of at least 4 members (excludes halogenated alkanes) is 1. The molecule has 1 unspecified atom stereocenters. The van der Waals surface area contributed by atoms with E-state index in [9.17, 15) is 24.2 Å². The monoisotopic (exact) mass is 429 g/mol. The number of carboxylic acids is 1. The minimum absolute atomic E-state index is 0.0687. The first-order valence-electron chi connectivity index (χ1n) is 10.3. The molecule has 1 aliphatic heterocycles. The third-order valence-electron chi connectivity index (χ3n) is 5.63. The van der Waals surface area contributed by atoms with Crippen LogP contribution in [0.4, 0.5) is 0 Å². The lowest BCUT2D eigenvalue weighted by Gasteiger charge is -2.23. The first-order chi connectivity index (χ1) is 14.4. The van der Waals surface area contributed by atoms with Gasteiger partial charge in [-0.3, -0.25) is 9.36 Å². The summed E-state index contributed by atoms with van der Waals surface area (Å²) in [4.78, 5) is 36.0. The van der Waals surface area contributed by atoms with E-state index in [-0.39, 0.29) is 18.6 Å². The minimum atomic E-state index is -3.65. The fourth-order valence-electron chi connectivity index (χ4n) is 4.03. The summed E-state index contributed by atoms with van der Waals surface area (Å²) in [7, 11) is -3.65. The highest BCUT2D eigenvalue weighted by molar-refractivity contribution is 7.58. The summed E-state index contributed by atoms with van der Waals surface area (Å²) in [6, 6.07) is 18.4. The van der Waals surface area contributed by atoms with Gasteiger partial charge in [0.2, 0.25) is 13.3 Å². The average molecular weight is 429 g/mol. The zero-order valence-corrected chi connectivity index (χ0v) is 17.8. The van der Waals surface area contributed by atoms with Crippen LogP contribution in [0, 0.1) is 0 Å². The molecular formula is C23H28NO5P. The van der Waals surface area contributed by atoms with Crippen LogP contribution >= 0.6 is 7.37 Å². The van der Waals surface area contributed by atoms with E-state index in [1.807, 2.05) is 60.7 Å². The van der Waals surface area contributed by atoms with Gasteiger partial charge in [-0.15, -0.1) is 0 Å². The highest BCUT2D eigenvalue weighted by Crippen LogP contribution is 2.43. The van der Waals surface area contributed by atoms with E-state index < -0.39 is 31.4 Å². The Morgan fingerprint density at radius 3 is 2.27 bits per heavy atom. The van der Waals surface area contributed by atoms with Crippen LogP contribution in [0.15, 0.2) is 60.7 Å². The SMILES string of the molecule is O=C(O)[C@@H]1C[C@@H](c2ccccc2)CN1C(=O)CP(=O)(O)CCCCc1ccccc1. The molecule has 2 N–H and O–H groups in total. The van der Waals surface area contributed by atoms with Gasteiger partial charge in [0.25, 0.3) is 0 Å². The van der Waals surface area contributed by atoms with Crippen molar-refractivity contribution in [3.05, 3.63) is 71.8 Å². The van der Waals surface area contributed by atoms with Gasteiger partial charge in [0.15, 0.2) is 0 Å². The lowest BCUT2D eigenvalue weighted by Crippen LogP contribution is -2.42. The first kappa shape index (κ1) is 22.3. The van der Waals surface area contributed by atoms with Crippen molar-refractivity contribution in [3.8, 4) is 0 Å². The highest BCUT2D eigenvalue weighted by Gasteiger charge is 2.41. The molecule has 3 atom stereocenters. The lowest BCUT2D eigenvalue weighted by molar-refractivity contribution is -0.147. The molecular weight excluding hydrogens is 401 g/mol. The second-order valence-electron chi connectivity index (χ2n) is 7.91. The molecule has 1 heterocycles. The molecule has 1 aliphatic rings. The minimum Gasteiger partial charge on any atom is -0.480 e. The molecule has 3 rings (SSSR count).